The van der Waals surface area contributed by atoms with Gasteiger partial charge in [0.25, 0.3) is 10.0 Å². The Kier molecular flexibility index (Phi) is 4.69. The second-order valence-corrected chi connectivity index (χ2v) is 7.96. The highest BCUT2D eigenvalue weighted by molar-refractivity contribution is 7.91. The summed E-state index contributed by atoms with van der Waals surface area (Å²) in [7, 11) is -3.77. The standard InChI is InChI=1S/C11H16N4O4S2/c1-7(16)9-4-3-5-15(6-9)21(18,19)11-14-13-10(20-11)12-8(2)17/h9H,3-6H2,1-2H3,(H,12,13,17). The first-order chi connectivity index (χ1) is 9.80. The van der Waals surface area contributed by atoms with Gasteiger partial charge in [0.2, 0.25) is 15.4 Å². The highest BCUT2D eigenvalue weighted by Crippen LogP contribution is 2.27. The van der Waals surface area contributed by atoms with Crippen LogP contribution < -0.4 is 5.32 Å². The smallest absolute Gasteiger partial charge is 0.272 e. The number of hydrogen-bond acceptors (Lipinski definition) is 7. The van der Waals surface area contributed by atoms with Gasteiger partial charge in [0.15, 0.2) is 0 Å². The van der Waals surface area contributed by atoms with Crippen LogP contribution in [0.1, 0.15) is 26.7 Å². The van der Waals surface area contributed by atoms with E-state index in [0.717, 1.165) is 11.3 Å². The summed E-state index contributed by atoms with van der Waals surface area (Å²) < 4.78 is 26.0. The van der Waals surface area contributed by atoms with Gasteiger partial charge in [-0.25, -0.2) is 8.42 Å². The molecule has 0 spiro atoms. The molecule has 1 aliphatic heterocycles. The van der Waals surface area contributed by atoms with E-state index in [1.54, 1.807) is 0 Å². The molecule has 1 N–H and O–H groups in total. The van der Waals surface area contributed by atoms with Gasteiger partial charge in [-0.05, 0) is 19.8 Å². The van der Waals surface area contributed by atoms with Crippen molar-refractivity contribution in [3.8, 4) is 0 Å². The second-order valence-electron chi connectivity index (χ2n) is 4.87. The third kappa shape index (κ3) is 3.63. The van der Waals surface area contributed by atoms with E-state index in [-0.39, 0.29) is 33.6 Å². The van der Waals surface area contributed by atoms with Crippen LogP contribution in [0.4, 0.5) is 5.13 Å². The van der Waals surface area contributed by atoms with Crippen LogP contribution in [0.2, 0.25) is 0 Å². The van der Waals surface area contributed by atoms with Crippen LogP contribution in [0.5, 0.6) is 0 Å². The molecule has 1 aliphatic rings. The molecule has 1 aromatic rings. The van der Waals surface area contributed by atoms with Crippen molar-refractivity contribution < 1.29 is 18.0 Å². The number of carbonyl (C=O) groups excluding carboxylic acids is 2. The van der Waals surface area contributed by atoms with Gasteiger partial charge in [-0.2, -0.15) is 4.31 Å². The average molecular weight is 332 g/mol. The third-order valence-corrected chi connectivity index (χ3v) is 6.26. The Hall–Kier alpha value is -1.39. The molecule has 0 aromatic carbocycles. The Labute approximate surface area is 126 Å². The third-order valence-electron chi connectivity index (χ3n) is 3.21. The molecule has 8 nitrogen and oxygen atoms in total. The lowest BCUT2D eigenvalue weighted by atomic mass is 9.96. The number of nitrogens with one attached hydrogen (secondary N) is 1. The molecule has 1 aromatic heterocycles. The number of anilines is 1. The highest BCUT2D eigenvalue weighted by Gasteiger charge is 2.34. The minimum atomic E-state index is -3.77. The number of rotatable bonds is 4. The predicted molar refractivity (Wildman–Crippen MR) is 76.4 cm³/mol. The van der Waals surface area contributed by atoms with E-state index >= 15 is 0 Å². The van der Waals surface area contributed by atoms with Crippen molar-refractivity contribution >= 4 is 38.2 Å². The van der Waals surface area contributed by atoms with Crippen LogP contribution >= 0.6 is 11.3 Å². The quantitative estimate of drug-likeness (QED) is 0.804. The summed E-state index contributed by atoms with van der Waals surface area (Å²) in [5.41, 5.74) is 0. The fourth-order valence-corrected chi connectivity index (χ4v) is 4.73. The number of Topliss-reactive ketones (excluding diaryl/α,β-unsaturated/α-hetero) is 1. The van der Waals surface area contributed by atoms with E-state index in [1.165, 1.54) is 18.2 Å². The van der Waals surface area contributed by atoms with Crippen LogP contribution in [0.25, 0.3) is 0 Å². The molecule has 1 fully saturated rings. The molecular weight excluding hydrogens is 316 g/mol. The van der Waals surface area contributed by atoms with Crippen LogP contribution in [-0.4, -0.2) is 47.7 Å². The van der Waals surface area contributed by atoms with Gasteiger partial charge in [-0.15, -0.1) is 10.2 Å². The van der Waals surface area contributed by atoms with Gasteiger partial charge in [-0.3, -0.25) is 9.59 Å². The summed E-state index contributed by atoms with van der Waals surface area (Å²) in [4.78, 5) is 22.4. The maximum atomic E-state index is 12.5. The van der Waals surface area contributed by atoms with Crippen molar-refractivity contribution in [3.05, 3.63) is 0 Å². The van der Waals surface area contributed by atoms with Crippen molar-refractivity contribution in [2.75, 3.05) is 18.4 Å². The number of carbonyl (C=O) groups is 2. The summed E-state index contributed by atoms with van der Waals surface area (Å²) >= 11 is 0.803. The van der Waals surface area contributed by atoms with Gasteiger partial charge >= 0.3 is 0 Å². The lowest BCUT2D eigenvalue weighted by Gasteiger charge is -2.29. The molecular formula is C11H16N4O4S2. The van der Waals surface area contributed by atoms with Gasteiger partial charge < -0.3 is 5.32 Å². The lowest BCUT2D eigenvalue weighted by molar-refractivity contribution is -0.121. The molecule has 0 bridgehead atoms. The molecule has 1 saturated heterocycles. The summed E-state index contributed by atoms with van der Waals surface area (Å²) in [6.07, 6.45) is 1.34. The van der Waals surface area contributed by atoms with Crippen LogP contribution in [0.3, 0.4) is 0 Å². The zero-order valence-corrected chi connectivity index (χ0v) is 13.3. The first kappa shape index (κ1) is 16.0. The second kappa shape index (κ2) is 6.16. The summed E-state index contributed by atoms with van der Waals surface area (Å²) in [5, 5.41) is 9.80. The normalized spacial score (nSPS) is 20.2. The number of hydrogen-bond donors (Lipinski definition) is 1. The van der Waals surface area contributed by atoms with E-state index in [4.69, 9.17) is 0 Å². The van der Waals surface area contributed by atoms with Gasteiger partial charge in [0.1, 0.15) is 5.78 Å². The summed E-state index contributed by atoms with van der Waals surface area (Å²) in [5.74, 6) is -0.618. The highest BCUT2D eigenvalue weighted by atomic mass is 32.2. The van der Waals surface area contributed by atoms with Crippen molar-refractivity contribution in [1.29, 1.82) is 0 Å². The minimum Gasteiger partial charge on any atom is -0.301 e. The number of nitrogens with zero attached hydrogens (tertiary/aromatic N) is 3. The molecule has 1 amide bonds. The Morgan fingerprint density at radius 1 is 1.33 bits per heavy atom. The number of piperidine rings is 1. The fourth-order valence-electron chi connectivity index (χ4n) is 2.12. The molecule has 1 unspecified atom stereocenters. The Balaban J connectivity index is 2.19. The van der Waals surface area contributed by atoms with Crippen LogP contribution in [0, 0.1) is 5.92 Å². The number of amides is 1. The zero-order chi connectivity index (χ0) is 15.6. The van der Waals surface area contributed by atoms with Crippen molar-refractivity contribution in [2.24, 2.45) is 5.92 Å². The molecule has 116 valence electrons. The predicted octanol–water partition coefficient (Wildman–Crippen LogP) is 0.486. The lowest BCUT2D eigenvalue weighted by Crippen LogP contribution is -2.41. The summed E-state index contributed by atoms with van der Waals surface area (Å²) in [6, 6.07) is 0. The van der Waals surface area contributed by atoms with E-state index in [2.05, 4.69) is 15.5 Å². The largest absolute Gasteiger partial charge is 0.301 e. The maximum absolute atomic E-state index is 12.5. The van der Waals surface area contributed by atoms with Crippen molar-refractivity contribution in [3.63, 3.8) is 0 Å². The fraction of sp³-hybridized carbons (Fsp3) is 0.636. The first-order valence-electron chi connectivity index (χ1n) is 6.42. The van der Waals surface area contributed by atoms with Crippen LogP contribution in [-0.2, 0) is 19.6 Å². The van der Waals surface area contributed by atoms with Gasteiger partial charge in [-0.1, -0.05) is 11.3 Å². The number of sulfonamides is 1. The molecule has 2 heterocycles. The van der Waals surface area contributed by atoms with Crippen molar-refractivity contribution in [2.45, 2.75) is 31.0 Å². The number of ketones is 1. The molecule has 21 heavy (non-hydrogen) atoms. The Morgan fingerprint density at radius 2 is 2.05 bits per heavy atom. The summed E-state index contributed by atoms with van der Waals surface area (Å²) in [6.45, 7) is 3.31. The average Bonchev–Trinajstić information content (AvgIpc) is 2.87. The Bertz CT molecular complexity index is 655. The van der Waals surface area contributed by atoms with Crippen molar-refractivity contribution in [1.82, 2.24) is 14.5 Å². The minimum absolute atomic E-state index is 0.00824. The molecule has 0 aliphatic carbocycles. The topological polar surface area (TPSA) is 109 Å². The van der Waals surface area contributed by atoms with Gasteiger partial charge in [0, 0.05) is 25.9 Å². The molecule has 10 heteroatoms. The molecule has 1 atom stereocenters. The first-order valence-corrected chi connectivity index (χ1v) is 8.68. The van der Waals surface area contributed by atoms with E-state index in [0.29, 0.717) is 19.4 Å². The number of aromatic nitrogens is 2. The molecule has 2 rings (SSSR count). The van der Waals surface area contributed by atoms with Gasteiger partial charge in [0.05, 0.1) is 0 Å². The Morgan fingerprint density at radius 3 is 2.67 bits per heavy atom. The zero-order valence-electron chi connectivity index (χ0n) is 11.7. The van der Waals surface area contributed by atoms with Crippen LogP contribution in [0.15, 0.2) is 4.34 Å². The van der Waals surface area contributed by atoms with E-state index in [1.807, 2.05) is 0 Å². The maximum Gasteiger partial charge on any atom is 0.272 e. The SMILES string of the molecule is CC(=O)Nc1nnc(S(=O)(=O)N2CCCC(C(C)=O)C2)s1. The molecule has 0 radical (unpaired) electrons. The monoisotopic (exact) mass is 332 g/mol. The van der Waals surface area contributed by atoms with E-state index < -0.39 is 10.0 Å². The van der Waals surface area contributed by atoms with E-state index in [9.17, 15) is 18.0 Å². The molecule has 0 saturated carbocycles.